The van der Waals surface area contributed by atoms with Crippen LogP contribution in [0.5, 0.6) is 5.88 Å². The fourth-order valence-corrected chi connectivity index (χ4v) is 5.27. The minimum absolute atomic E-state index is 0.198. The highest BCUT2D eigenvalue weighted by Crippen LogP contribution is 2.35. The van der Waals surface area contributed by atoms with Crippen LogP contribution in [-0.2, 0) is 11.3 Å². The lowest BCUT2D eigenvalue weighted by atomic mass is 10.1. The van der Waals surface area contributed by atoms with Gasteiger partial charge in [-0.3, -0.25) is 9.20 Å². The Kier molecular flexibility index (Phi) is 5.33. The molecule has 0 aliphatic carbocycles. The number of rotatable bonds is 6. The Morgan fingerprint density at radius 2 is 1.97 bits per heavy atom. The predicted octanol–water partition coefficient (Wildman–Crippen LogP) is 4.78. The van der Waals surface area contributed by atoms with Crippen LogP contribution in [0.1, 0.15) is 21.1 Å². The highest BCUT2D eigenvalue weighted by atomic mass is 32.1. The monoisotopic (exact) mass is 465 g/mol. The molecule has 8 nitrogen and oxygen atoms in total. The van der Waals surface area contributed by atoms with Gasteiger partial charge in [-0.1, -0.05) is 12.1 Å². The largest absolute Gasteiger partial charge is 0.480 e. The fourth-order valence-electron chi connectivity index (χ4n) is 3.48. The molecule has 1 aromatic carbocycles. The summed E-state index contributed by atoms with van der Waals surface area (Å²) in [5.74, 6) is 0.759. The molecule has 0 radical (unpaired) electrons. The topological polar surface area (TPSA) is 90.6 Å². The van der Waals surface area contributed by atoms with Crippen LogP contribution in [0.4, 0.5) is 5.69 Å². The maximum Gasteiger partial charge on any atom is 0.266 e. The number of hydrogen-bond acceptors (Lipinski definition) is 8. The van der Waals surface area contributed by atoms with Gasteiger partial charge >= 0.3 is 0 Å². The van der Waals surface area contributed by atoms with Crippen molar-refractivity contribution in [1.82, 2.24) is 19.4 Å². The van der Waals surface area contributed by atoms with Crippen LogP contribution in [-0.4, -0.2) is 39.5 Å². The van der Waals surface area contributed by atoms with Crippen molar-refractivity contribution in [3.05, 3.63) is 58.3 Å². The SMILES string of the molecule is COCc1nc(OC)c2c(C)c(C(=O)Nc3ccc(-c4cn5ccsc5n4)cc3)sc2n1. The van der Waals surface area contributed by atoms with Gasteiger partial charge in [0.15, 0.2) is 10.8 Å². The number of benzene rings is 1. The number of amides is 1. The molecule has 0 fully saturated rings. The molecule has 0 atom stereocenters. The van der Waals surface area contributed by atoms with E-state index in [-0.39, 0.29) is 12.5 Å². The summed E-state index contributed by atoms with van der Waals surface area (Å²) >= 11 is 2.91. The van der Waals surface area contributed by atoms with Crippen LogP contribution in [0.25, 0.3) is 26.4 Å². The second kappa shape index (κ2) is 8.30. The molecule has 0 bridgehead atoms. The number of thiophene rings is 1. The zero-order valence-electron chi connectivity index (χ0n) is 17.6. The average molecular weight is 466 g/mol. The van der Waals surface area contributed by atoms with Crippen molar-refractivity contribution in [2.75, 3.05) is 19.5 Å². The van der Waals surface area contributed by atoms with E-state index in [4.69, 9.17) is 9.47 Å². The van der Waals surface area contributed by atoms with Gasteiger partial charge in [-0.15, -0.1) is 22.7 Å². The highest BCUT2D eigenvalue weighted by molar-refractivity contribution is 7.20. The molecule has 0 spiro atoms. The van der Waals surface area contributed by atoms with Gasteiger partial charge in [-0.05, 0) is 24.6 Å². The van der Waals surface area contributed by atoms with Crippen molar-refractivity contribution in [3.8, 4) is 17.1 Å². The third kappa shape index (κ3) is 3.62. The van der Waals surface area contributed by atoms with Gasteiger partial charge in [0.25, 0.3) is 5.91 Å². The maximum atomic E-state index is 13.0. The minimum atomic E-state index is -0.198. The van der Waals surface area contributed by atoms with E-state index in [2.05, 4.69) is 20.3 Å². The molecule has 162 valence electrons. The van der Waals surface area contributed by atoms with Crippen LogP contribution in [0, 0.1) is 6.92 Å². The summed E-state index contributed by atoms with van der Waals surface area (Å²) in [5.41, 5.74) is 3.38. The number of nitrogens with zero attached hydrogens (tertiary/aromatic N) is 4. The summed E-state index contributed by atoms with van der Waals surface area (Å²) < 4.78 is 12.6. The highest BCUT2D eigenvalue weighted by Gasteiger charge is 2.21. The number of aryl methyl sites for hydroxylation is 1. The zero-order valence-corrected chi connectivity index (χ0v) is 19.2. The molecule has 0 unspecified atom stereocenters. The Labute approximate surface area is 191 Å². The molecule has 0 saturated carbocycles. The lowest BCUT2D eigenvalue weighted by Crippen LogP contribution is -2.11. The number of carbonyl (C=O) groups excluding carboxylic acids is 1. The maximum absolute atomic E-state index is 13.0. The third-order valence-corrected chi connectivity index (χ3v) is 6.96. The Morgan fingerprint density at radius 1 is 1.16 bits per heavy atom. The van der Waals surface area contributed by atoms with Crippen LogP contribution in [0.3, 0.4) is 0 Å². The molecular formula is C22H19N5O3S2. The molecule has 1 amide bonds. The standard InChI is InChI=1S/C22H19N5O3S2/c1-12-17-20(30-3)25-16(11-29-2)26-21(17)32-18(12)19(28)23-14-6-4-13(5-7-14)15-10-27-8-9-31-22(27)24-15/h4-10H,11H2,1-3H3,(H,23,28). The lowest BCUT2D eigenvalue weighted by Gasteiger charge is -2.06. The molecule has 5 rings (SSSR count). The van der Waals surface area contributed by atoms with Gasteiger partial charge in [0.2, 0.25) is 5.88 Å². The van der Waals surface area contributed by atoms with Crippen molar-refractivity contribution in [2.24, 2.45) is 0 Å². The number of carbonyl (C=O) groups is 1. The average Bonchev–Trinajstić information content (AvgIpc) is 3.48. The van der Waals surface area contributed by atoms with E-state index in [0.717, 1.165) is 27.2 Å². The van der Waals surface area contributed by atoms with E-state index in [0.29, 0.717) is 27.1 Å². The number of hydrogen-bond donors (Lipinski definition) is 1. The molecule has 4 aromatic heterocycles. The van der Waals surface area contributed by atoms with Crippen molar-refractivity contribution in [3.63, 3.8) is 0 Å². The van der Waals surface area contributed by atoms with E-state index in [9.17, 15) is 4.79 Å². The van der Waals surface area contributed by atoms with Crippen molar-refractivity contribution in [1.29, 1.82) is 0 Å². The quantitative estimate of drug-likeness (QED) is 0.388. The van der Waals surface area contributed by atoms with Gasteiger partial charge < -0.3 is 14.8 Å². The molecule has 0 aliphatic rings. The smallest absolute Gasteiger partial charge is 0.266 e. The first kappa shape index (κ1) is 20.6. The molecule has 1 N–H and O–H groups in total. The molecular weight excluding hydrogens is 446 g/mol. The predicted molar refractivity (Wildman–Crippen MR) is 126 cm³/mol. The van der Waals surface area contributed by atoms with Gasteiger partial charge in [0.1, 0.15) is 11.4 Å². The molecule has 0 aliphatic heterocycles. The summed E-state index contributed by atoms with van der Waals surface area (Å²) in [5, 5.41) is 5.72. The molecule has 5 aromatic rings. The van der Waals surface area contributed by atoms with E-state index in [1.54, 1.807) is 25.6 Å². The zero-order chi connectivity index (χ0) is 22.2. The molecule has 32 heavy (non-hydrogen) atoms. The van der Waals surface area contributed by atoms with Crippen LogP contribution in [0.15, 0.2) is 42.0 Å². The molecule has 0 saturated heterocycles. The Hall–Kier alpha value is -3.34. The van der Waals surface area contributed by atoms with E-state index in [1.165, 1.54) is 11.3 Å². The van der Waals surface area contributed by atoms with E-state index >= 15 is 0 Å². The first-order valence-electron chi connectivity index (χ1n) is 9.74. The van der Waals surface area contributed by atoms with Crippen molar-refractivity contribution in [2.45, 2.75) is 13.5 Å². The second-order valence-corrected chi connectivity index (χ2v) is 8.94. The first-order valence-corrected chi connectivity index (χ1v) is 11.4. The van der Waals surface area contributed by atoms with Gasteiger partial charge in [-0.2, -0.15) is 4.98 Å². The number of methoxy groups -OCH3 is 2. The Balaban J connectivity index is 1.40. The normalized spacial score (nSPS) is 11.3. The lowest BCUT2D eigenvalue weighted by molar-refractivity contribution is 0.103. The number of ether oxygens (including phenoxy) is 2. The number of imidazole rings is 1. The summed E-state index contributed by atoms with van der Waals surface area (Å²) in [6, 6.07) is 7.65. The first-order chi connectivity index (χ1) is 15.6. The number of aromatic nitrogens is 4. The summed E-state index contributed by atoms with van der Waals surface area (Å²) in [7, 11) is 3.14. The Bertz CT molecular complexity index is 1410. The number of nitrogens with one attached hydrogen (secondary N) is 1. The number of fused-ring (bicyclic) bond motifs is 2. The fraction of sp³-hybridized carbons (Fsp3) is 0.182. The molecule has 4 heterocycles. The third-order valence-electron chi connectivity index (χ3n) is 5.01. The van der Waals surface area contributed by atoms with Crippen LogP contribution < -0.4 is 10.1 Å². The van der Waals surface area contributed by atoms with Gasteiger partial charge in [-0.25, -0.2) is 9.97 Å². The van der Waals surface area contributed by atoms with Crippen molar-refractivity contribution < 1.29 is 14.3 Å². The summed E-state index contributed by atoms with van der Waals surface area (Å²) in [6.07, 6.45) is 3.97. The minimum Gasteiger partial charge on any atom is -0.480 e. The number of anilines is 1. The van der Waals surface area contributed by atoms with Crippen LogP contribution >= 0.6 is 22.7 Å². The summed E-state index contributed by atoms with van der Waals surface area (Å²) in [4.78, 5) is 28.8. The molecule has 10 heteroatoms. The van der Waals surface area contributed by atoms with Crippen LogP contribution in [0.2, 0.25) is 0 Å². The van der Waals surface area contributed by atoms with Gasteiger partial charge in [0.05, 0.1) is 23.1 Å². The van der Waals surface area contributed by atoms with E-state index in [1.807, 2.05) is 53.4 Å². The summed E-state index contributed by atoms with van der Waals surface area (Å²) in [6.45, 7) is 2.15. The second-order valence-electron chi connectivity index (χ2n) is 7.07. The number of thiazole rings is 1. The van der Waals surface area contributed by atoms with E-state index < -0.39 is 0 Å². The van der Waals surface area contributed by atoms with Gasteiger partial charge in [0, 0.05) is 36.1 Å². The Morgan fingerprint density at radius 3 is 2.69 bits per heavy atom. The van der Waals surface area contributed by atoms with Crippen molar-refractivity contribution >= 4 is 49.4 Å².